The van der Waals surface area contributed by atoms with Gasteiger partial charge in [0.15, 0.2) is 5.96 Å². The third-order valence-electron chi connectivity index (χ3n) is 5.95. The number of halogens is 1. The molecule has 180 valence electrons. The number of carbonyl (C=O) groups excluding carboxylic acids is 1. The van der Waals surface area contributed by atoms with Gasteiger partial charge in [-0.2, -0.15) is 5.10 Å². The van der Waals surface area contributed by atoms with Crippen LogP contribution in [0.3, 0.4) is 0 Å². The predicted octanol–water partition coefficient (Wildman–Crippen LogP) is 3.39. The molecule has 0 aliphatic heterocycles. The number of aryl methyl sites for hydroxylation is 2. The van der Waals surface area contributed by atoms with E-state index in [2.05, 4.69) is 52.1 Å². The average Bonchev–Trinajstić information content (AvgIpc) is 3.21. The van der Waals surface area contributed by atoms with Crippen LogP contribution in [0.25, 0.3) is 11.3 Å². The van der Waals surface area contributed by atoms with Gasteiger partial charge in [-0.05, 0) is 30.4 Å². The van der Waals surface area contributed by atoms with Crippen molar-refractivity contribution in [2.45, 2.75) is 31.8 Å². The van der Waals surface area contributed by atoms with Gasteiger partial charge in [-0.25, -0.2) is 4.99 Å². The lowest BCUT2D eigenvalue weighted by Crippen LogP contribution is -2.48. The Morgan fingerprint density at radius 1 is 1.12 bits per heavy atom. The van der Waals surface area contributed by atoms with Crippen LogP contribution in [-0.2, 0) is 31.2 Å². The Balaban J connectivity index is 0.00000324. The molecule has 1 atom stereocenters. The Kier molecular flexibility index (Phi) is 9.09. The number of aromatic nitrogens is 2. The monoisotopic (exact) mass is 572 g/mol. The lowest BCUT2D eigenvalue weighted by atomic mass is 9.88. The number of likely N-dealkylation sites (N-methyl/N-ethyl adjacent to an activating group) is 1. The number of benzene rings is 2. The highest BCUT2D eigenvalue weighted by molar-refractivity contribution is 14.0. The first-order chi connectivity index (χ1) is 16.0. The van der Waals surface area contributed by atoms with Crippen LogP contribution in [0.2, 0.25) is 0 Å². The molecule has 2 aromatic carbocycles. The number of nitrogens with one attached hydrogen (secondary N) is 2. The van der Waals surface area contributed by atoms with E-state index in [1.807, 2.05) is 36.1 Å². The summed E-state index contributed by atoms with van der Waals surface area (Å²) in [6, 6.07) is 19.0. The zero-order valence-electron chi connectivity index (χ0n) is 20.0. The molecule has 3 aromatic rings. The van der Waals surface area contributed by atoms with E-state index in [1.165, 1.54) is 11.1 Å². The number of hydrogen-bond donors (Lipinski definition) is 2. The molecular formula is C26H33IN6O. The fourth-order valence-corrected chi connectivity index (χ4v) is 4.14. The fraction of sp³-hybridized carbons (Fsp3) is 0.346. The first-order valence-electron chi connectivity index (χ1n) is 11.4. The summed E-state index contributed by atoms with van der Waals surface area (Å²) in [5.74, 6) is 0.655. The summed E-state index contributed by atoms with van der Waals surface area (Å²) in [7, 11) is 5.44. The normalized spacial score (nSPS) is 15.1. The Morgan fingerprint density at radius 3 is 2.56 bits per heavy atom. The smallest absolute Gasteiger partial charge is 0.241 e. The Morgan fingerprint density at radius 2 is 1.82 bits per heavy atom. The SMILES string of the molecule is CN(C)C(=O)CNC(=NCc1cn(C)nc1-c1ccccc1)NC1CCc2ccccc2C1.I. The fourth-order valence-electron chi connectivity index (χ4n) is 4.14. The molecule has 0 bridgehead atoms. The van der Waals surface area contributed by atoms with E-state index in [4.69, 9.17) is 4.99 Å². The molecule has 2 N–H and O–H groups in total. The molecular weight excluding hydrogens is 539 g/mol. The molecule has 0 saturated heterocycles. The van der Waals surface area contributed by atoms with Gasteiger partial charge in [-0.1, -0.05) is 54.6 Å². The molecule has 1 aliphatic rings. The second-order valence-corrected chi connectivity index (χ2v) is 8.70. The summed E-state index contributed by atoms with van der Waals surface area (Å²) >= 11 is 0. The zero-order chi connectivity index (χ0) is 23.2. The third-order valence-corrected chi connectivity index (χ3v) is 5.95. The standard InChI is InChI=1S/C26H32N6O.HI/c1-31(2)24(33)17-28-26(29-23-14-13-19-9-7-8-12-21(19)15-23)27-16-22-18-32(3)30-25(22)20-10-5-4-6-11-20;/h4-12,18,23H,13-17H2,1-3H3,(H2,27,28,29);1H. The summed E-state index contributed by atoms with van der Waals surface area (Å²) in [6.07, 6.45) is 5.02. The van der Waals surface area contributed by atoms with Crippen molar-refractivity contribution >= 4 is 35.8 Å². The van der Waals surface area contributed by atoms with Crippen LogP contribution in [0.4, 0.5) is 0 Å². The van der Waals surface area contributed by atoms with Crippen molar-refractivity contribution in [3.63, 3.8) is 0 Å². The topological polar surface area (TPSA) is 74.5 Å². The highest BCUT2D eigenvalue weighted by atomic mass is 127. The third kappa shape index (κ3) is 6.59. The number of amides is 1. The van der Waals surface area contributed by atoms with E-state index in [0.717, 1.165) is 36.1 Å². The van der Waals surface area contributed by atoms with Crippen LogP contribution in [0.5, 0.6) is 0 Å². The minimum Gasteiger partial charge on any atom is -0.353 e. The molecule has 0 fully saturated rings. The van der Waals surface area contributed by atoms with Gasteiger partial charge in [0.1, 0.15) is 0 Å². The van der Waals surface area contributed by atoms with Gasteiger partial charge >= 0.3 is 0 Å². The molecule has 1 aliphatic carbocycles. The van der Waals surface area contributed by atoms with E-state index in [0.29, 0.717) is 12.5 Å². The molecule has 0 spiro atoms. The number of aliphatic imine (C=N–C) groups is 1. The number of hydrogen-bond acceptors (Lipinski definition) is 3. The molecule has 1 unspecified atom stereocenters. The molecule has 1 aromatic heterocycles. The zero-order valence-corrected chi connectivity index (χ0v) is 22.3. The summed E-state index contributed by atoms with van der Waals surface area (Å²) in [6.45, 7) is 0.660. The summed E-state index contributed by atoms with van der Waals surface area (Å²) in [5.41, 5.74) is 5.84. The maximum absolute atomic E-state index is 12.2. The second kappa shape index (κ2) is 12.0. The first-order valence-corrected chi connectivity index (χ1v) is 11.4. The second-order valence-electron chi connectivity index (χ2n) is 8.70. The van der Waals surface area contributed by atoms with E-state index in [-0.39, 0.29) is 42.5 Å². The van der Waals surface area contributed by atoms with Crippen molar-refractivity contribution < 1.29 is 4.79 Å². The minimum absolute atomic E-state index is 0. The molecule has 4 rings (SSSR count). The predicted molar refractivity (Wildman–Crippen MR) is 147 cm³/mol. The van der Waals surface area contributed by atoms with Crippen molar-refractivity contribution in [1.82, 2.24) is 25.3 Å². The lowest BCUT2D eigenvalue weighted by molar-refractivity contribution is -0.127. The van der Waals surface area contributed by atoms with Crippen LogP contribution >= 0.6 is 24.0 Å². The minimum atomic E-state index is 0. The molecule has 34 heavy (non-hydrogen) atoms. The van der Waals surface area contributed by atoms with Gasteiger partial charge in [0.2, 0.25) is 5.91 Å². The molecule has 7 nitrogen and oxygen atoms in total. The molecule has 1 amide bonds. The van der Waals surface area contributed by atoms with Crippen LogP contribution in [-0.4, -0.2) is 53.2 Å². The van der Waals surface area contributed by atoms with Gasteiger partial charge in [0.25, 0.3) is 0 Å². The number of fused-ring (bicyclic) bond motifs is 1. The molecule has 1 heterocycles. The number of guanidine groups is 1. The van der Waals surface area contributed by atoms with Crippen molar-refractivity contribution in [3.8, 4) is 11.3 Å². The van der Waals surface area contributed by atoms with Gasteiger partial charge in [-0.15, -0.1) is 24.0 Å². The Bertz CT molecular complexity index is 1130. The van der Waals surface area contributed by atoms with Crippen molar-refractivity contribution in [1.29, 1.82) is 0 Å². The van der Waals surface area contributed by atoms with Gasteiger partial charge < -0.3 is 15.5 Å². The largest absolute Gasteiger partial charge is 0.353 e. The Hall–Kier alpha value is -2.88. The molecule has 0 saturated carbocycles. The summed E-state index contributed by atoms with van der Waals surface area (Å²) < 4.78 is 1.82. The highest BCUT2D eigenvalue weighted by Crippen LogP contribution is 2.23. The average molecular weight is 572 g/mol. The maximum Gasteiger partial charge on any atom is 0.241 e. The van der Waals surface area contributed by atoms with E-state index >= 15 is 0 Å². The number of carbonyl (C=O) groups is 1. The van der Waals surface area contributed by atoms with Crippen LogP contribution in [0.15, 0.2) is 65.8 Å². The summed E-state index contributed by atoms with van der Waals surface area (Å²) in [5, 5.41) is 11.4. The number of rotatable bonds is 6. The highest BCUT2D eigenvalue weighted by Gasteiger charge is 2.20. The van der Waals surface area contributed by atoms with Crippen LogP contribution in [0.1, 0.15) is 23.1 Å². The Labute approximate surface area is 218 Å². The van der Waals surface area contributed by atoms with Gasteiger partial charge in [-0.3, -0.25) is 9.48 Å². The van der Waals surface area contributed by atoms with Crippen molar-refractivity contribution in [3.05, 3.63) is 77.5 Å². The van der Waals surface area contributed by atoms with Crippen LogP contribution in [0, 0.1) is 0 Å². The quantitative estimate of drug-likeness (QED) is 0.270. The first kappa shape index (κ1) is 25.7. The number of nitrogens with zero attached hydrogens (tertiary/aromatic N) is 4. The van der Waals surface area contributed by atoms with Crippen molar-refractivity contribution in [2.75, 3.05) is 20.6 Å². The van der Waals surface area contributed by atoms with Gasteiger partial charge in [0.05, 0.1) is 18.8 Å². The maximum atomic E-state index is 12.2. The van der Waals surface area contributed by atoms with E-state index in [9.17, 15) is 4.79 Å². The molecule has 8 heteroatoms. The van der Waals surface area contributed by atoms with E-state index in [1.54, 1.807) is 19.0 Å². The van der Waals surface area contributed by atoms with Crippen LogP contribution < -0.4 is 10.6 Å². The summed E-state index contributed by atoms with van der Waals surface area (Å²) in [4.78, 5) is 18.6. The molecule has 0 radical (unpaired) electrons. The van der Waals surface area contributed by atoms with Crippen molar-refractivity contribution in [2.24, 2.45) is 12.0 Å². The lowest BCUT2D eigenvalue weighted by Gasteiger charge is -2.27. The van der Waals surface area contributed by atoms with Gasteiger partial charge in [0, 0.05) is 44.5 Å². The van der Waals surface area contributed by atoms with E-state index < -0.39 is 0 Å².